The van der Waals surface area contributed by atoms with E-state index in [2.05, 4.69) is 12.2 Å². The maximum atomic E-state index is 12.2. The average molecular weight is 373 g/mol. The molecule has 2 aromatic rings. The van der Waals surface area contributed by atoms with E-state index < -0.39 is 0 Å². The fourth-order valence-electron chi connectivity index (χ4n) is 2.92. The maximum Gasteiger partial charge on any atom is 0.223 e. The van der Waals surface area contributed by atoms with Crippen molar-refractivity contribution in [2.45, 2.75) is 40.2 Å². The molecule has 0 spiro atoms. The molecule has 0 aliphatic heterocycles. The quantitative estimate of drug-likeness (QED) is 0.789. The number of benzene rings is 2. The van der Waals surface area contributed by atoms with Crippen molar-refractivity contribution in [2.24, 2.45) is 0 Å². The Morgan fingerprint density at radius 3 is 2.42 bits per heavy atom. The third-order valence-electron chi connectivity index (χ3n) is 4.32. The first kappa shape index (κ1) is 20.0. The Kier molecular flexibility index (Phi) is 7.22. The molecule has 0 heterocycles. The van der Waals surface area contributed by atoms with Crippen LogP contribution in [0.2, 0.25) is 5.02 Å². The third-order valence-corrected chi connectivity index (χ3v) is 4.57. The van der Waals surface area contributed by atoms with Crippen LogP contribution in [0.5, 0.6) is 0 Å². The van der Waals surface area contributed by atoms with Crippen LogP contribution in [0.15, 0.2) is 42.5 Å². The van der Waals surface area contributed by atoms with Crippen LogP contribution < -0.4 is 10.2 Å². The molecule has 2 aromatic carbocycles. The van der Waals surface area contributed by atoms with Crippen molar-refractivity contribution in [3.05, 3.63) is 64.2 Å². The number of anilines is 1. The van der Waals surface area contributed by atoms with Crippen molar-refractivity contribution in [1.29, 1.82) is 0 Å². The van der Waals surface area contributed by atoms with Crippen molar-refractivity contribution in [3.8, 4) is 0 Å². The molecule has 0 aliphatic carbocycles. The lowest BCUT2D eigenvalue weighted by Crippen LogP contribution is -2.34. The van der Waals surface area contributed by atoms with E-state index in [1.807, 2.05) is 37.3 Å². The largest absolute Gasteiger partial charge is 0.352 e. The Hall–Kier alpha value is -2.33. The van der Waals surface area contributed by atoms with Crippen LogP contribution in [0.25, 0.3) is 0 Å². The van der Waals surface area contributed by atoms with E-state index in [0.717, 1.165) is 28.8 Å². The minimum atomic E-state index is -0.0853. The van der Waals surface area contributed by atoms with Gasteiger partial charge in [0.15, 0.2) is 0 Å². The van der Waals surface area contributed by atoms with Crippen molar-refractivity contribution >= 4 is 29.1 Å². The molecule has 0 radical (unpaired) electrons. The topological polar surface area (TPSA) is 49.4 Å². The number of carbonyl (C=O) groups excluding carboxylic acids is 2. The molecular formula is C21H25ClN2O2. The van der Waals surface area contributed by atoms with Gasteiger partial charge in [0, 0.05) is 37.1 Å². The fourth-order valence-corrected chi connectivity index (χ4v) is 3.05. The molecule has 0 unspecified atom stereocenters. The summed E-state index contributed by atoms with van der Waals surface area (Å²) in [5.41, 5.74) is 4.06. The zero-order valence-corrected chi connectivity index (χ0v) is 16.3. The summed E-state index contributed by atoms with van der Waals surface area (Å²) in [5.74, 6) is -0.141. The molecular weight excluding hydrogens is 348 g/mol. The Morgan fingerprint density at radius 2 is 1.81 bits per heavy atom. The van der Waals surface area contributed by atoms with Gasteiger partial charge in [-0.05, 0) is 42.2 Å². The lowest BCUT2D eigenvalue weighted by molar-refractivity contribution is -0.121. The summed E-state index contributed by atoms with van der Waals surface area (Å²) in [7, 11) is 0. The third kappa shape index (κ3) is 5.33. The summed E-state index contributed by atoms with van der Waals surface area (Å²) >= 11 is 5.86. The second-order valence-electron chi connectivity index (χ2n) is 6.26. The van der Waals surface area contributed by atoms with E-state index in [9.17, 15) is 9.59 Å². The van der Waals surface area contributed by atoms with Gasteiger partial charge in [0.05, 0.1) is 0 Å². The zero-order valence-electron chi connectivity index (χ0n) is 15.5. The van der Waals surface area contributed by atoms with Crippen molar-refractivity contribution in [1.82, 2.24) is 5.32 Å². The van der Waals surface area contributed by atoms with E-state index in [1.54, 1.807) is 17.0 Å². The fraction of sp³-hybridized carbons (Fsp3) is 0.333. The number of halogens is 1. The molecule has 2 amide bonds. The summed E-state index contributed by atoms with van der Waals surface area (Å²) in [6.45, 7) is 6.40. The lowest BCUT2D eigenvalue weighted by Gasteiger charge is -2.25. The number of hydrogen-bond donors (Lipinski definition) is 1. The van der Waals surface area contributed by atoms with Crippen molar-refractivity contribution in [2.75, 3.05) is 11.4 Å². The van der Waals surface area contributed by atoms with Gasteiger partial charge in [0.1, 0.15) is 0 Å². The highest BCUT2D eigenvalue weighted by Crippen LogP contribution is 2.26. The second-order valence-corrected chi connectivity index (χ2v) is 6.70. The Labute approximate surface area is 160 Å². The van der Waals surface area contributed by atoms with Crippen LogP contribution in [-0.2, 0) is 22.6 Å². The predicted molar refractivity (Wildman–Crippen MR) is 106 cm³/mol. The standard InChI is InChI=1S/C21H25ClN2O2/c1-4-18-7-5-6-15(2)21(18)24(16(3)25)13-12-20(26)23-14-17-8-10-19(22)11-9-17/h5-11H,4,12-14H2,1-3H3,(H,23,26). The van der Waals surface area contributed by atoms with E-state index in [-0.39, 0.29) is 18.2 Å². The lowest BCUT2D eigenvalue weighted by atomic mass is 10.0. The number of hydrogen-bond acceptors (Lipinski definition) is 2. The molecule has 0 aromatic heterocycles. The van der Waals surface area contributed by atoms with Crippen LogP contribution in [-0.4, -0.2) is 18.4 Å². The van der Waals surface area contributed by atoms with Crippen LogP contribution in [0.4, 0.5) is 5.69 Å². The molecule has 2 rings (SSSR count). The Balaban J connectivity index is 1.99. The molecule has 0 bridgehead atoms. The van der Waals surface area contributed by atoms with E-state index in [4.69, 9.17) is 11.6 Å². The summed E-state index contributed by atoms with van der Waals surface area (Å²) < 4.78 is 0. The summed E-state index contributed by atoms with van der Waals surface area (Å²) in [6, 6.07) is 13.4. The summed E-state index contributed by atoms with van der Waals surface area (Å²) in [5, 5.41) is 3.56. The van der Waals surface area contributed by atoms with Crippen LogP contribution in [0.1, 0.15) is 37.0 Å². The van der Waals surface area contributed by atoms with Gasteiger partial charge in [0.2, 0.25) is 11.8 Å². The molecule has 138 valence electrons. The van der Waals surface area contributed by atoms with Gasteiger partial charge < -0.3 is 10.2 Å². The highest BCUT2D eigenvalue weighted by molar-refractivity contribution is 6.30. The smallest absolute Gasteiger partial charge is 0.223 e. The molecule has 26 heavy (non-hydrogen) atoms. The zero-order chi connectivity index (χ0) is 19.1. The first-order valence-corrected chi connectivity index (χ1v) is 9.18. The summed E-state index contributed by atoms with van der Waals surface area (Å²) in [6.07, 6.45) is 1.09. The van der Waals surface area contributed by atoms with Gasteiger partial charge in [-0.2, -0.15) is 0 Å². The normalized spacial score (nSPS) is 10.5. The average Bonchev–Trinajstić information content (AvgIpc) is 2.62. The number of rotatable bonds is 7. The second kappa shape index (κ2) is 9.39. The number of amides is 2. The number of carbonyl (C=O) groups is 2. The van der Waals surface area contributed by atoms with Gasteiger partial charge in [-0.15, -0.1) is 0 Å². The molecule has 0 fully saturated rings. The van der Waals surface area contributed by atoms with Gasteiger partial charge in [-0.1, -0.05) is 48.9 Å². The predicted octanol–water partition coefficient (Wildman–Crippen LogP) is 4.27. The highest BCUT2D eigenvalue weighted by atomic mass is 35.5. The molecule has 5 heteroatoms. The molecule has 0 atom stereocenters. The molecule has 0 aliphatic rings. The van der Waals surface area contributed by atoms with Gasteiger partial charge in [-0.25, -0.2) is 0 Å². The Bertz CT molecular complexity index is 772. The van der Waals surface area contributed by atoms with Crippen molar-refractivity contribution in [3.63, 3.8) is 0 Å². The van der Waals surface area contributed by atoms with E-state index >= 15 is 0 Å². The Morgan fingerprint density at radius 1 is 1.12 bits per heavy atom. The summed E-state index contributed by atoms with van der Waals surface area (Å²) in [4.78, 5) is 26.1. The minimum Gasteiger partial charge on any atom is -0.352 e. The maximum absolute atomic E-state index is 12.2. The number of nitrogens with zero attached hydrogens (tertiary/aromatic N) is 1. The molecule has 1 N–H and O–H groups in total. The van der Waals surface area contributed by atoms with Gasteiger partial charge in [0.25, 0.3) is 0 Å². The number of aryl methyl sites for hydroxylation is 2. The first-order chi connectivity index (χ1) is 12.4. The van der Waals surface area contributed by atoms with Crippen molar-refractivity contribution < 1.29 is 9.59 Å². The van der Waals surface area contributed by atoms with Gasteiger partial charge in [-0.3, -0.25) is 9.59 Å². The highest BCUT2D eigenvalue weighted by Gasteiger charge is 2.18. The van der Waals surface area contributed by atoms with Crippen LogP contribution in [0.3, 0.4) is 0 Å². The minimum absolute atomic E-state index is 0.0560. The molecule has 0 saturated heterocycles. The van der Waals surface area contributed by atoms with Crippen LogP contribution >= 0.6 is 11.6 Å². The monoisotopic (exact) mass is 372 g/mol. The number of para-hydroxylation sites is 1. The first-order valence-electron chi connectivity index (χ1n) is 8.80. The van der Waals surface area contributed by atoms with E-state index in [0.29, 0.717) is 18.1 Å². The van der Waals surface area contributed by atoms with E-state index in [1.165, 1.54) is 6.92 Å². The SMILES string of the molecule is CCc1cccc(C)c1N(CCC(=O)NCc1ccc(Cl)cc1)C(C)=O. The molecule has 0 saturated carbocycles. The molecule has 4 nitrogen and oxygen atoms in total. The van der Waals surface area contributed by atoms with Gasteiger partial charge >= 0.3 is 0 Å². The number of nitrogens with one attached hydrogen (secondary N) is 1. The van der Waals surface area contributed by atoms with Crippen LogP contribution in [0, 0.1) is 6.92 Å².